The molecule has 2 atom stereocenters. The van der Waals surface area contributed by atoms with Gasteiger partial charge in [-0.05, 0) is 63.6 Å². The first-order valence-corrected chi connectivity index (χ1v) is 12.3. The maximum absolute atomic E-state index is 13.9. The minimum atomic E-state index is -0.932. The van der Waals surface area contributed by atoms with Crippen LogP contribution in [0.2, 0.25) is 0 Å². The molecule has 2 aliphatic rings. The molecule has 1 N–H and O–H groups in total. The van der Waals surface area contributed by atoms with Crippen molar-refractivity contribution < 1.29 is 14.3 Å². The van der Waals surface area contributed by atoms with Gasteiger partial charge in [0.1, 0.15) is 11.3 Å². The molecule has 5 rings (SSSR count). The highest BCUT2D eigenvalue weighted by Gasteiger charge is 2.59. The number of urea groups is 1. The van der Waals surface area contributed by atoms with Crippen LogP contribution in [0.15, 0.2) is 48.5 Å². The molecule has 0 radical (unpaired) electrons. The molecule has 0 spiro atoms. The summed E-state index contributed by atoms with van der Waals surface area (Å²) in [4.78, 5) is 36.8. The first kappa shape index (κ1) is 23.4. The van der Waals surface area contributed by atoms with E-state index in [1.54, 1.807) is 7.11 Å². The highest BCUT2D eigenvalue weighted by atomic mass is 16.5. The summed E-state index contributed by atoms with van der Waals surface area (Å²) in [5, 5.41) is 1.05. The van der Waals surface area contributed by atoms with Crippen molar-refractivity contribution in [3.63, 3.8) is 0 Å². The van der Waals surface area contributed by atoms with Crippen LogP contribution >= 0.6 is 0 Å². The lowest BCUT2D eigenvalue weighted by molar-refractivity contribution is -0.133. The van der Waals surface area contributed by atoms with Crippen molar-refractivity contribution >= 4 is 22.8 Å². The van der Waals surface area contributed by atoms with Gasteiger partial charge in [0, 0.05) is 42.1 Å². The van der Waals surface area contributed by atoms with E-state index < -0.39 is 5.54 Å². The lowest BCUT2D eigenvalue weighted by atomic mass is 9.81. The van der Waals surface area contributed by atoms with Crippen LogP contribution in [0.25, 0.3) is 10.9 Å². The number of likely N-dealkylation sites (N-methyl/N-ethyl adjacent to an activating group) is 1. The Hall–Kier alpha value is -3.32. The molecule has 1 fully saturated rings. The molecule has 7 heteroatoms. The highest BCUT2D eigenvalue weighted by Crippen LogP contribution is 2.47. The van der Waals surface area contributed by atoms with Crippen LogP contribution < -0.4 is 4.74 Å². The summed E-state index contributed by atoms with van der Waals surface area (Å²) in [5.41, 5.74) is 3.30. The van der Waals surface area contributed by atoms with Crippen LogP contribution in [0, 0.1) is 0 Å². The second kappa shape index (κ2) is 8.72. The first-order chi connectivity index (χ1) is 16.7. The van der Waals surface area contributed by atoms with Crippen molar-refractivity contribution in [1.29, 1.82) is 0 Å². The van der Waals surface area contributed by atoms with E-state index in [0.29, 0.717) is 32.0 Å². The number of imide groups is 1. The molecule has 35 heavy (non-hydrogen) atoms. The molecule has 1 aromatic heterocycles. The number of hydrogen-bond donors (Lipinski definition) is 1. The minimum Gasteiger partial charge on any atom is -0.497 e. The average molecular weight is 475 g/mol. The number of nitrogens with one attached hydrogen (secondary N) is 1. The Kier molecular flexibility index (Phi) is 5.83. The van der Waals surface area contributed by atoms with Crippen LogP contribution in [0.5, 0.6) is 5.75 Å². The zero-order valence-electron chi connectivity index (χ0n) is 21.2. The Balaban J connectivity index is 1.59. The van der Waals surface area contributed by atoms with Gasteiger partial charge in [0.05, 0.1) is 13.2 Å². The molecule has 0 saturated carbocycles. The third-order valence-electron chi connectivity index (χ3n) is 7.82. The van der Waals surface area contributed by atoms with E-state index >= 15 is 0 Å². The average Bonchev–Trinajstić information content (AvgIpc) is 3.29. The maximum Gasteiger partial charge on any atom is 0.328 e. The summed E-state index contributed by atoms with van der Waals surface area (Å²) in [6.45, 7) is 7.19. The van der Waals surface area contributed by atoms with E-state index in [2.05, 4.69) is 35.9 Å². The number of benzene rings is 2. The van der Waals surface area contributed by atoms with E-state index in [4.69, 9.17) is 4.74 Å². The van der Waals surface area contributed by atoms with Gasteiger partial charge < -0.3 is 19.5 Å². The molecule has 2 aromatic carbocycles. The van der Waals surface area contributed by atoms with Crippen molar-refractivity contribution in [3.05, 3.63) is 65.4 Å². The van der Waals surface area contributed by atoms with E-state index in [9.17, 15) is 9.59 Å². The third kappa shape index (κ3) is 3.78. The quantitative estimate of drug-likeness (QED) is 0.516. The van der Waals surface area contributed by atoms with Gasteiger partial charge in [0.2, 0.25) is 0 Å². The second-order valence-corrected chi connectivity index (χ2v) is 10.3. The molecule has 3 heterocycles. The molecular weight excluding hydrogens is 440 g/mol. The lowest BCUT2D eigenvalue weighted by Crippen LogP contribution is -2.53. The van der Waals surface area contributed by atoms with Crippen molar-refractivity contribution in [2.45, 2.75) is 51.2 Å². The molecule has 1 saturated heterocycles. The lowest BCUT2D eigenvalue weighted by Gasteiger charge is -2.42. The Morgan fingerprint density at radius 2 is 1.91 bits per heavy atom. The standard InChI is InChI=1S/C28H34N4O3/c1-18(2)30(4)13-14-31-26(33)28(3)17-22-21-16-20(35-5)11-12-23(21)29-25(22)24(32(28)27(31)34)15-19-9-7-6-8-10-19/h6-12,16,18,24,29H,13-15,17H2,1-5H3/t24?,28-/m0/s1. The molecule has 2 aliphatic heterocycles. The second-order valence-electron chi connectivity index (χ2n) is 10.3. The number of rotatable bonds is 7. The van der Waals surface area contributed by atoms with E-state index in [1.165, 1.54) is 4.90 Å². The number of ether oxygens (including phenoxy) is 1. The fourth-order valence-electron chi connectivity index (χ4n) is 5.53. The van der Waals surface area contributed by atoms with Gasteiger partial charge in [-0.25, -0.2) is 4.79 Å². The van der Waals surface area contributed by atoms with Crippen LogP contribution in [0.1, 0.15) is 43.6 Å². The number of aromatic nitrogens is 1. The smallest absolute Gasteiger partial charge is 0.328 e. The summed E-state index contributed by atoms with van der Waals surface area (Å²) in [6.07, 6.45) is 1.11. The summed E-state index contributed by atoms with van der Waals surface area (Å²) < 4.78 is 5.49. The van der Waals surface area contributed by atoms with Crippen LogP contribution in [-0.2, 0) is 17.6 Å². The molecule has 7 nitrogen and oxygen atoms in total. The summed E-state index contributed by atoms with van der Waals surface area (Å²) in [5.74, 6) is 0.666. The first-order valence-electron chi connectivity index (χ1n) is 12.3. The molecule has 3 amide bonds. The number of carbonyl (C=O) groups is 2. The topological polar surface area (TPSA) is 68.9 Å². The Morgan fingerprint density at radius 3 is 2.60 bits per heavy atom. The van der Waals surface area contributed by atoms with E-state index in [0.717, 1.165) is 33.5 Å². The van der Waals surface area contributed by atoms with Gasteiger partial charge in [0.15, 0.2) is 0 Å². The van der Waals surface area contributed by atoms with Crippen LogP contribution in [0.3, 0.4) is 0 Å². The largest absolute Gasteiger partial charge is 0.497 e. The predicted octanol–water partition coefficient (Wildman–Crippen LogP) is 4.38. The van der Waals surface area contributed by atoms with Crippen LogP contribution in [0.4, 0.5) is 4.79 Å². The number of aromatic amines is 1. The molecule has 0 bridgehead atoms. The van der Waals surface area contributed by atoms with Crippen LogP contribution in [-0.4, -0.2) is 70.4 Å². The summed E-state index contributed by atoms with van der Waals surface area (Å²) in [7, 11) is 3.68. The number of fused-ring (bicyclic) bond motifs is 4. The predicted molar refractivity (Wildman–Crippen MR) is 137 cm³/mol. The Morgan fingerprint density at radius 1 is 1.17 bits per heavy atom. The van der Waals surface area contributed by atoms with Gasteiger partial charge in [-0.2, -0.15) is 0 Å². The van der Waals surface area contributed by atoms with Gasteiger partial charge in [0.25, 0.3) is 5.91 Å². The summed E-state index contributed by atoms with van der Waals surface area (Å²) in [6, 6.07) is 16.0. The van der Waals surface area contributed by atoms with Gasteiger partial charge in [-0.1, -0.05) is 30.3 Å². The fourth-order valence-corrected chi connectivity index (χ4v) is 5.53. The normalized spacial score (nSPS) is 21.9. The van der Waals surface area contributed by atoms with Crippen molar-refractivity contribution in [2.75, 3.05) is 27.2 Å². The highest BCUT2D eigenvalue weighted by molar-refractivity contribution is 6.08. The molecule has 3 aromatic rings. The van der Waals surface area contributed by atoms with Gasteiger partial charge in [-0.15, -0.1) is 0 Å². The van der Waals surface area contributed by atoms with Gasteiger partial charge >= 0.3 is 6.03 Å². The SMILES string of the molecule is COc1ccc2[nH]c3c(c2c1)C[C@@]1(C)C(=O)N(CCN(C)C(C)C)C(=O)N1C3Cc1ccccc1. The molecule has 184 valence electrons. The zero-order chi connectivity index (χ0) is 24.9. The van der Waals surface area contributed by atoms with Gasteiger partial charge in [-0.3, -0.25) is 9.69 Å². The van der Waals surface area contributed by atoms with Crippen molar-refractivity contribution in [1.82, 2.24) is 19.7 Å². The number of nitrogens with zero attached hydrogens (tertiary/aromatic N) is 3. The molecule has 0 aliphatic carbocycles. The van der Waals surface area contributed by atoms with Crippen molar-refractivity contribution in [2.24, 2.45) is 0 Å². The number of amides is 3. The Labute approximate surface area is 206 Å². The Bertz CT molecular complexity index is 1270. The number of H-pyrrole nitrogens is 1. The number of methoxy groups -OCH3 is 1. The summed E-state index contributed by atoms with van der Waals surface area (Å²) >= 11 is 0. The van der Waals surface area contributed by atoms with Crippen molar-refractivity contribution in [3.8, 4) is 5.75 Å². The fraction of sp³-hybridized carbons (Fsp3) is 0.429. The molecule has 1 unspecified atom stereocenters. The molecular formula is C28H34N4O3. The van der Waals surface area contributed by atoms with E-state index in [1.807, 2.05) is 55.3 Å². The zero-order valence-corrected chi connectivity index (χ0v) is 21.2. The minimum absolute atomic E-state index is 0.111. The number of hydrogen-bond acceptors (Lipinski definition) is 4. The maximum atomic E-state index is 13.9. The number of carbonyl (C=O) groups excluding carboxylic acids is 2. The monoisotopic (exact) mass is 474 g/mol. The third-order valence-corrected chi connectivity index (χ3v) is 7.82. The van der Waals surface area contributed by atoms with E-state index in [-0.39, 0.29) is 18.0 Å².